The fraction of sp³-hybridized carbons (Fsp3) is 0.267. The lowest BCUT2D eigenvalue weighted by Gasteiger charge is -2.17. The van der Waals surface area contributed by atoms with Crippen molar-refractivity contribution in [1.82, 2.24) is 10.3 Å². The molecule has 0 saturated carbocycles. The van der Waals surface area contributed by atoms with Crippen LogP contribution in [0.5, 0.6) is 0 Å². The van der Waals surface area contributed by atoms with Gasteiger partial charge in [0.25, 0.3) is 0 Å². The van der Waals surface area contributed by atoms with Crippen molar-refractivity contribution in [2.75, 3.05) is 7.05 Å². The van der Waals surface area contributed by atoms with E-state index in [1.54, 1.807) is 0 Å². The molecular weight excluding hydrogens is 368 g/mol. The minimum atomic E-state index is 0.278. The third-order valence-corrected chi connectivity index (χ3v) is 4.49. The average Bonchev–Trinajstić information content (AvgIpc) is 2.41. The number of halogens is 2. The molecule has 1 atom stereocenters. The lowest BCUT2D eigenvalue weighted by Crippen LogP contribution is -2.19. The third-order valence-electron chi connectivity index (χ3n) is 3.13. The summed E-state index contributed by atoms with van der Waals surface area (Å²) in [5, 5.41) is 3.36. The Morgan fingerprint density at radius 1 is 1.21 bits per heavy atom. The number of rotatable bonds is 4. The minimum absolute atomic E-state index is 0.278. The first-order chi connectivity index (χ1) is 9.10. The maximum Gasteiger partial charge on any atom is 0.0423 e. The quantitative estimate of drug-likeness (QED) is 0.845. The highest BCUT2D eigenvalue weighted by Gasteiger charge is 2.11. The molecule has 1 N–H and O–H groups in total. The van der Waals surface area contributed by atoms with Crippen LogP contribution in [0.1, 0.15) is 22.9 Å². The predicted molar refractivity (Wildman–Crippen MR) is 86.3 cm³/mol. The van der Waals surface area contributed by atoms with Crippen LogP contribution >= 0.6 is 31.9 Å². The van der Waals surface area contributed by atoms with Crippen LogP contribution in [0, 0.1) is 6.92 Å². The largest absolute Gasteiger partial charge is 0.313 e. The molecule has 2 rings (SSSR count). The van der Waals surface area contributed by atoms with Gasteiger partial charge in [-0.15, -0.1) is 0 Å². The summed E-state index contributed by atoms with van der Waals surface area (Å²) < 4.78 is 2.16. The third kappa shape index (κ3) is 3.88. The zero-order chi connectivity index (χ0) is 13.8. The van der Waals surface area contributed by atoms with Crippen LogP contribution in [0.4, 0.5) is 0 Å². The minimum Gasteiger partial charge on any atom is -0.313 e. The van der Waals surface area contributed by atoms with E-state index in [0.29, 0.717) is 0 Å². The van der Waals surface area contributed by atoms with Crippen LogP contribution in [0.2, 0.25) is 0 Å². The Kier molecular flexibility index (Phi) is 5.13. The molecule has 0 bridgehead atoms. The Balaban J connectivity index is 2.19. The van der Waals surface area contributed by atoms with Gasteiger partial charge in [-0.2, -0.15) is 0 Å². The first-order valence-electron chi connectivity index (χ1n) is 6.14. The van der Waals surface area contributed by atoms with Gasteiger partial charge in [0.1, 0.15) is 0 Å². The molecule has 4 heteroatoms. The second-order valence-corrected chi connectivity index (χ2v) is 6.29. The van der Waals surface area contributed by atoms with Crippen molar-refractivity contribution >= 4 is 31.9 Å². The summed E-state index contributed by atoms with van der Waals surface area (Å²) >= 11 is 6.95. The first kappa shape index (κ1) is 14.7. The molecule has 100 valence electrons. The van der Waals surface area contributed by atoms with Crippen molar-refractivity contribution in [2.24, 2.45) is 0 Å². The van der Waals surface area contributed by atoms with Gasteiger partial charge in [0.15, 0.2) is 0 Å². The summed E-state index contributed by atoms with van der Waals surface area (Å²) in [6.45, 7) is 2.11. The van der Waals surface area contributed by atoms with Crippen LogP contribution in [-0.4, -0.2) is 12.0 Å². The lowest BCUT2D eigenvalue weighted by atomic mass is 10.00. The number of likely N-dealkylation sites (N-methyl/N-ethyl adjacent to an activating group) is 1. The van der Waals surface area contributed by atoms with Gasteiger partial charge in [-0.25, -0.2) is 0 Å². The van der Waals surface area contributed by atoms with Crippen molar-refractivity contribution in [3.05, 3.63) is 62.3 Å². The van der Waals surface area contributed by atoms with Gasteiger partial charge < -0.3 is 5.32 Å². The molecule has 2 nitrogen and oxygen atoms in total. The number of hydrogen-bond donors (Lipinski definition) is 1. The van der Waals surface area contributed by atoms with E-state index < -0.39 is 0 Å². The Hall–Kier alpha value is -0.710. The van der Waals surface area contributed by atoms with E-state index in [0.717, 1.165) is 21.1 Å². The van der Waals surface area contributed by atoms with E-state index in [2.05, 4.69) is 73.3 Å². The van der Waals surface area contributed by atoms with Crippen molar-refractivity contribution in [3.8, 4) is 0 Å². The molecule has 0 aliphatic carbocycles. The first-order valence-corrected chi connectivity index (χ1v) is 7.72. The molecule has 0 fully saturated rings. The highest BCUT2D eigenvalue weighted by molar-refractivity contribution is 9.10. The molecule has 0 radical (unpaired) electrons. The highest BCUT2D eigenvalue weighted by Crippen LogP contribution is 2.23. The zero-order valence-corrected chi connectivity index (χ0v) is 14.1. The SMILES string of the molecule is CNC(Cc1ccc(Br)cn1)c1ccc(Br)c(C)c1. The topological polar surface area (TPSA) is 24.9 Å². The highest BCUT2D eigenvalue weighted by atomic mass is 79.9. The fourth-order valence-electron chi connectivity index (χ4n) is 2.01. The van der Waals surface area contributed by atoms with E-state index in [4.69, 9.17) is 0 Å². The number of pyridine rings is 1. The molecule has 0 amide bonds. The Morgan fingerprint density at radius 3 is 2.58 bits per heavy atom. The van der Waals surface area contributed by atoms with Crippen molar-refractivity contribution in [1.29, 1.82) is 0 Å². The standard InChI is InChI=1S/C15H16Br2N2/c1-10-7-11(3-6-14(10)17)15(18-2)8-13-5-4-12(16)9-19-13/h3-7,9,15,18H,8H2,1-2H3. The van der Waals surface area contributed by atoms with Gasteiger partial charge in [-0.1, -0.05) is 28.1 Å². The summed E-state index contributed by atoms with van der Waals surface area (Å²) in [5.74, 6) is 0. The van der Waals surface area contributed by atoms with Gasteiger partial charge in [0.2, 0.25) is 0 Å². The normalized spacial score (nSPS) is 12.4. The number of aryl methyl sites for hydroxylation is 1. The van der Waals surface area contributed by atoms with Gasteiger partial charge in [0.05, 0.1) is 0 Å². The maximum absolute atomic E-state index is 4.44. The molecule has 0 saturated heterocycles. The Morgan fingerprint density at radius 2 is 2.00 bits per heavy atom. The van der Waals surface area contributed by atoms with Gasteiger partial charge in [-0.05, 0) is 59.2 Å². The van der Waals surface area contributed by atoms with Gasteiger partial charge >= 0.3 is 0 Å². The lowest BCUT2D eigenvalue weighted by molar-refractivity contribution is 0.584. The van der Waals surface area contributed by atoms with Gasteiger partial charge in [0, 0.05) is 33.3 Å². The number of hydrogen-bond acceptors (Lipinski definition) is 2. The Labute approximate surface area is 130 Å². The van der Waals surface area contributed by atoms with Crippen molar-refractivity contribution in [2.45, 2.75) is 19.4 Å². The van der Waals surface area contributed by atoms with E-state index in [1.807, 2.05) is 19.3 Å². The molecule has 0 aliphatic heterocycles. The molecule has 1 aromatic carbocycles. The summed E-state index contributed by atoms with van der Waals surface area (Å²) in [7, 11) is 1.99. The number of nitrogens with zero attached hydrogens (tertiary/aromatic N) is 1. The molecule has 1 unspecified atom stereocenters. The zero-order valence-electron chi connectivity index (χ0n) is 11.0. The molecule has 1 heterocycles. The second kappa shape index (κ2) is 6.64. The monoisotopic (exact) mass is 382 g/mol. The Bertz CT molecular complexity index is 553. The number of nitrogens with one attached hydrogen (secondary N) is 1. The van der Waals surface area contributed by atoms with Crippen LogP contribution in [0.3, 0.4) is 0 Å². The molecule has 19 heavy (non-hydrogen) atoms. The molecule has 0 spiro atoms. The van der Waals surface area contributed by atoms with Crippen molar-refractivity contribution < 1.29 is 0 Å². The molecule has 2 aromatic rings. The molecular formula is C15H16Br2N2. The van der Waals surface area contributed by atoms with E-state index in [1.165, 1.54) is 11.1 Å². The van der Waals surface area contributed by atoms with Crippen molar-refractivity contribution in [3.63, 3.8) is 0 Å². The summed E-state index contributed by atoms with van der Waals surface area (Å²) in [6, 6.07) is 10.8. The van der Waals surface area contributed by atoms with E-state index in [-0.39, 0.29) is 6.04 Å². The smallest absolute Gasteiger partial charge is 0.0423 e. The number of aromatic nitrogens is 1. The summed E-state index contributed by atoms with van der Waals surface area (Å²) in [5.41, 5.74) is 3.62. The summed E-state index contributed by atoms with van der Waals surface area (Å²) in [4.78, 5) is 4.44. The average molecular weight is 384 g/mol. The van der Waals surface area contributed by atoms with Crippen LogP contribution < -0.4 is 5.32 Å². The van der Waals surface area contributed by atoms with Crippen LogP contribution in [-0.2, 0) is 6.42 Å². The second-order valence-electron chi connectivity index (χ2n) is 4.52. The van der Waals surface area contributed by atoms with Crippen LogP contribution in [0.25, 0.3) is 0 Å². The maximum atomic E-state index is 4.44. The fourth-order valence-corrected chi connectivity index (χ4v) is 2.49. The molecule has 0 aliphatic rings. The molecule has 1 aromatic heterocycles. The van der Waals surface area contributed by atoms with E-state index >= 15 is 0 Å². The predicted octanol–water partition coefficient (Wildman–Crippen LogP) is 4.42. The number of benzene rings is 1. The van der Waals surface area contributed by atoms with Crippen LogP contribution in [0.15, 0.2) is 45.5 Å². The van der Waals surface area contributed by atoms with E-state index in [9.17, 15) is 0 Å². The van der Waals surface area contributed by atoms with Gasteiger partial charge in [-0.3, -0.25) is 4.98 Å². The summed E-state index contributed by atoms with van der Waals surface area (Å²) in [6.07, 6.45) is 2.72.